The molecule has 1 fully saturated rings. The molecule has 1 atom stereocenters. The molecule has 1 aliphatic heterocycles. The third kappa shape index (κ3) is 4.81. The van der Waals surface area contributed by atoms with Crippen LogP contribution in [0.4, 0.5) is 0 Å². The molecule has 1 saturated heterocycles. The number of carbonyl (C=O) groups excluding carboxylic acids is 2. The van der Waals surface area contributed by atoms with E-state index in [-0.39, 0.29) is 35.9 Å². The first-order valence-corrected chi connectivity index (χ1v) is 11.1. The van der Waals surface area contributed by atoms with E-state index >= 15 is 0 Å². The molecule has 0 aliphatic carbocycles. The van der Waals surface area contributed by atoms with Gasteiger partial charge in [-0.05, 0) is 18.6 Å². The smallest absolute Gasteiger partial charge is 0.306 e. The SMILES string of the molecule is CN(C(=O)COC(=O)CCc1nc(=O)c2ccccc2n1C)C1CCS(=O)(=O)C1. The van der Waals surface area contributed by atoms with Gasteiger partial charge in [-0.2, -0.15) is 4.98 Å². The minimum Gasteiger partial charge on any atom is -0.456 e. The Morgan fingerprint density at radius 1 is 1.31 bits per heavy atom. The maximum atomic E-state index is 12.2. The van der Waals surface area contributed by atoms with Crippen molar-refractivity contribution in [3.05, 3.63) is 40.4 Å². The maximum Gasteiger partial charge on any atom is 0.306 e. The highest BCUT2D eigenvalue weighted by Gasteiger charge is 2.32. The summed E-state index contributed by atoms with van der Waals surface area (Å²) >= 11 is 0. The van der Waals surface area contributed by atoms with Crippen LogP contribution in [-0.4, -0.2) is 65.9 Å². The lowest BCUT2D eigenvalue weighted by molar-refractivity contribution is -0.152. The summed E-state index contributed by atoms with van der Waals surface area (Å²) < 4.78 is 29.8. The second kappa shape index (κ2) is 8.32. The van der Waals surface area contributed by atoms with Gasteiger partial charge in [0.2, 0.25) is 0 Å². The molecule has 3 rings (SSSR count). The molecule has 0 saturated carbocycles. The van der Waals surface area contributed by atoms with E-state index in [4.69, 9.17) is 4.74 Å². The number of para-hydroxylation sites is 1. The lowest BCUT2D eigenvalue weighted by Gasteiger charge is -2.23. The van der Waals surface area contributed by atoms with Gasteiger partial charge in [0, 0.05) is 26.6 Å². The van der Waals surface area contributed by atoms with Crippen molar-refractivity contribution in [3.8, 4) is 0 Å². The Bertz CT molecular complexity index is 1110. The second-order valence-corrected chi connectivity index (χ2v) is 9.36. The van der Waals surface area contributed by atoms with Crippen molar-refractivity contribution in [3.63, 3.8) is 0 Å². The Kier molecular flexibility index (Phi) is 6.02. The summed E-state index contributed by atoms with van der Waals surface area (Å²) in [6.45, 7) is -0.448. The molecule has 1 unspecified atom stereocenters. The third-order valence-corrected chi connectivity index (χ3v) is 6.92. The molecule has 0 bridgehead atoms. The van der Waals surface area contributed by atoms with Crippen LogP contribution >= 0.6 is 0 Å². The number of aryl methyl sites for hydroxylation is 2. The highest BCUT2D eigenvalue weighted by atomic mass is 32.2. The quantitative estimate of drug-likeness (QED) is 0.606. The fourth-order valence-electron chi connectivity index (χ4n) is 3.38. The van der Waals surface area contributed by atoms with Gasteiger partial charge >= 0.3 is 5.97 Å². The number of fused-ring (bicyclic) bond motifs is 1. The highest BCUT2D eigenvalue weighted by Crippen LogP contribution is 2.16. The van der Waals surface area contributed by atoms with Crippen LogP contribution in [0.3, 0.4) is 0 Å². The average molecular weight is 421 g/mol. The summed E-state index contributed by atoms with van der Waals surface area (Å²) in [5.41, 5.74) is 0.365. The van der Waals surface area contributed by atoms with Crippen molar-refractivity contribution in [2.24, 2.45) is 7.05 Å². The van der Waals surface area contributed by atoms with Gasteiger partial charge in [-0.1, -0.05) is 12.1 Å². The first kappa shape index (κ1) is 21.0. The molecule has 0 N–H and O–H groups in total. The Balaban J connectivity index is 1.54. The van der Waals surface area contributed by atoms with Gasteiger partial charge in [-0.25, -0.2) is 8.42 Å². The summed E-state index contributed by atoms with van der Waals surface area (Å²) in [6.07, 6.45) is 0.550. The van der Waals surface area contributed by atoms with Crippen molar-refractivity contribution in [2.75, 3.05) is 25.2 Å². The minimum atomic E-state index is -3.10. The molecule has 1 aliphatic rings. The van der Waals surface area contributed by atoms with Crippen LogP contribution in [0.5, 0.6) is 0 Å². The van der Waals surface area contributed by atoms with E-state index in [0.29, 0.717) is 17.6 Å². The number of carbonyl (C=O) groups is 2. The zero-order valence-electron chi connectivity index (χ0n) is 16.3. The number of sulfone groups is 1. The van der Waals surface area contributed by atoms with Crippen molar-refractivity contribution < 1.29 is 22.7 Å². The van der Waals surface area contributed by atoms with Crippen molar-refractivity contribution in [1.82, 2.24) is 14.5 Å². The van der Waals surface area contributed by atoms with E-state index in [1.54, 1.807) is 29.8 Å². The molecule has 0 radical (unpaired) electrons. The van der Waals surface area contributed by atoms with Crippen molar-refractivity contribution in [1.29, 1.82) is 0 Å². The van der Waals surface area contributed by atoms with E-state index in [0.717, 1.165) is 5.52 Å². The largest absolute Gasteiger partial charge is 0.456 e. The molecule has 156 valence electrons. The first-order chi connectivity index (χ1) is 13.7. The molecular weight excluding hydrogens is 398 g/mol. The molecule has 9 nitrogen and oxygen atoms in total. The molecule has 1 amide bonds. The molecule has 29 heavy (non-hydrogen) atoms. The highest BCUT2D eigenvalue weighted by molar-refractivity contribution is 7.91. The second-order valence-electron chi connectivity index (χ2n) is 7.13. The van der Waals surface area contributed by atoms with Gasteiger partial charge in [0.25, 0.3) is 11.5 Å². The summed E-state index contributed by atoms with van der Waals surface area (Å²) in [7, 11) is 0.173. The normalized spacial score (nSPS) is 17.9. The fraction of sp³-hybridized carbons (Fsp3) is 0.474. The standard InChI is InChI=1S/C19H23N3O6S/c1-21(13-9-10-29(26,27)12-13)17(23)11-28-18(24)8-7-16-20-19(25)14-5-3-4-6-15(14)22(16)2/h3-6,13H,7-12H2,1-2H3. The Labute approximate surface area is 168 Å². The van der Waals surface area contributed by atoms with Gasteiger partial charge in [0.1, 0.15) is 5.82 Å². The lowest BCUT2D eigenvalue weighted by Crippen LogP contribution is -2.40. The fourth-order valence-corrected chi connectivity index (χ4v) is 5.15. The van der Waals surface area contributed by atoms with Crippen LogP contribution in [0, 0.1) is 0 Å². The lowest BCUT2D eigenvalue weighted by atomic mass is 10.2. The Morgan fingerprint density at radius 2 is 2.03 bits per heavy atom. The molecule has 2 heterocycles. The number of hydrogen-bond donors (Lipinski definition) is 0. The number of hydrogen-bond acceptors (Lipinski definition) is 7. The predicted octanol–water partition coefficient (Wildman–Crippen LogP) is 0.0548. The number of ether oxygens (including phenoxy) is 1. The van der Waals surface area contributed by atoms with Crippen molar-refractivity contribution in [2.45, 2.75) is 25.3 Å². The van der Waals surface area contributed by atoms with E-state index < -0.39 is 28.3 Å². The van der Waals surface area contributed by atoms with Crippen molar-refractivity contribution >= 4 is 32.6 Å². The summed E-state index contributed by atoms with van der Waals surface area (Å²) in [4.78, 5) is 41.7. The van der Waals surface area contributed by atoms with Crippen LogP contribution in [0.15, 0.2) is 29.1 Å². The molecule has 2 aromatic rings. The van der Waals surface area contributed by atoms with Gasteiger partial charge < -0.3 is 14.2 Å². The number of amides is 1. The van der Waals surface area contributed by atoms with Gasteiger partial charge in [0.05, 0.1) is 28.8 Å². The van der Waals surface area contributed by atoms with Gasteiger partial charge in [-0.3, -0.25) is 14.4 Å². The van der Waals surface area contributed by atoms with E-state index in [1.165, 1.54) is 11.9 Å². The van der Waals surface area contributed by atoms with Gasteiger partial charge in [-0.15, -0.1) is 0 Å². The van der Waals surface area contributed by atoms with E-state index in [2.05, 4.69) is 4.98 Å². The minimum absolute atomic E-state index is 0.0343. The number of benzene rings is 1. The Hall–Kier alpha value is -2.75. The zero-order valence-corrected chi connectivity index (χ0v) is 17.1. The van der Waals surface area contributed by atoms with Crippen LogP contribution in [0.2, 0.25) is 0 Å². The third-order valence-electron chi connectivity index (χ3n) is 5.17. The van der Waals surface area contributed by atoms with Crippen LogP contribution in [-0.2, 0) is 37.6 Å². The molecule has 1 aromatic carbocycles. The predicted molar refractivity (Wildman–Crippen MR) is 106 cm³/mol. The number of rotatable bonds is 6. The molecule has 0 spiro atoms. The number of aromatic nitrogens is 2. The summed E-state index contributed by atoms with van der Waals surface area (Å²) in [6, 6.07) is 6.69. The summed E-state index contributed by atoms with van der Waals surface area (Å²) in [5.74, 6) is -0.590. The monoisotopic (exact) mass is 421 g/mol. The molecule has 10 heteroatoms. The van der Waals surface area contributed by atoms with Gasteiger partial charge in [0.15, 0.2) is 16.4 Å². The van der Waals surface area contributed by atoms with Crippen LogP contribution in [0.25, 0.3) is 10.9 Å². The number of esters is 1. The zero-order chi connectivity index (χ0) is 21.2. The topological polar surface area (TPSA) is 116 Å². The molecule has 1 aromatic heterocycles. The first-order valence-electron chi connectivity index (χ1n) is 9.24. The van der Waals surface area contributed by atoms with Crippen LogP contribution < -0.4 is 5.56 Å². The van der Waals surface area contributed by atoms with E-state index in [9.17, 15) is 22.8 Å². The van der Waals surface area contributed by atoms with Crippen LogP contribution in [0.1, 0.15) is 18.7 Å². The van der Waals surface area contributed by atoms with E-state index in [1.807, 2.05) is 6.07 Å². The molecular formula is C19H23N3O6S. The maximum absolute atomic E-state index is 12.2. The number of nitrogens with zero attached hydrogens (tertiary/aromatic N) is 3. The Morgan fingerprint density at radius 3 is 2.72 bits per heavy atom. The average Bonchev–Trinajstić information content (AvgIpc) is 3.06. The number of likely N-dealkylation sites (N-methyl/N-ethyl adjacent to an activating group) is 1. The summed E-state index contributed by atoms with van der Waals surface area (Å²) in [5, 5.41) is 0.504.